The Hall–Kier alpha value is -2.40. The standard InChI is InChI=1S/C22H24BClN2O2/c1-3-18(23)22(27)26-11-10-16-17-12-14(24)6-9-19(17)25-20(16)21(26)13-4-7-15(28-2)8-5-13/h4-9,12,18,21,25H,3,10-11,23H2,1-2H3. The lowest BCUT2D eigenvalue weighted by molar-refractivity contribution is -0.133. The molecule has 1 amide bonds. The fraction of sp³-hybridized carbons (Fsp3) is 0.318. The fourth-order valence-electron chi connectivity index (χ4n) is 4.09. The number of nitrogens with zero attached hydrogens (tertiary/aromatic N) is 1. The van der Waals surface area contributed by atoms with Crippen LogP contribution in [0.4, 0.5) is 0 Å². The maximum absolute atomic E-state index is 13.2. The highest BCUT2D eigenvalue weighted by molar-refractivity contribution is 6.31. The van der Waals surface area contributed by atoms with E-state index in [1.165, 1.54) is 5.56 Å². The van der Waals surface area contributed by atoms with E-state index >= 15 is 0 Å². The van der Waals surface area contributed by atoms with Crippen molar-refractivity contribution in [2.24, 2.45) is 0 Å². The third-order valence-electron chi connectivity index (χ3n) is 5.84. The number of H-pyrrole nitrogens is 1. The minimum absolute atomic E-state index is 0.00104. The van der Waals surface area contributed by atoms with E-state index in [1.54, 1.807) is 7.11 Å². The van der Waals surface area contributed by atoms with Gasteiger partial charge >= 0.3 is 0 Å². The van der Waals surface area contributed by atoms with Gasteiger partial charge in [0.15, 0.2) is 0 Å². The average Bonchev–Trinajstić information content (AvgIpc) is 3.09. The van der Waals surface area contributed by atoms with E-state index in [2.05, 4.69) is 11.9 Å². The van der Waals surface area contributed by atoms with Gasteiger partial charge in [0.1, 0.15) is 13.6 Å². The summed E-state index contributed by atoms with van der Waals surface area (Å²) in [5.41, 5.74) is 4.48. The molecule has 1 aliphatic heterocycles. The average molecular weight is 395 g/mol. The maximum Gasteiger partial charge on any atom is 0.218 e. The number of nitrogens with one attached hydrogen (secondary N) is 1. The first-order chi connectivity index (χ1) is 13.5. The second-order valence-corrected chi connectivity index (χ2v) is 7.91. The lowest BCUT2D eigenvalue weighted by atomic mass is 9.82. The zero-order valence-electron chi connectivity index (χ0n) is 16.5. The number of amides is 1. The molecule has 0 bridgehead atoms. The van der Waals surface area contributed by atoms with Crippen molar-refractivity contribution < 1.29 is 9.53 Å². The quantitative estimate of drug-likeness (QED) is 0.676. The van der Waals surface area contributed by atoms with E-state index in [1.807, 2.05) is 55.2 Å². The van der Waals surface area contributed by atoms with Crippen molar-refractivity contribution in [1.29, 1.82) is 0 Å². The Balaban J connectivity index is 1.86. The predicted molar refractivity (Wildman–Crippen MR) is 116 cm³/mol. The van der Waals surface area contributed by atoms with Crippen LogP contribution in [0.25, 0.3) is 10.9 Å². The lowest BCUT2D eigenvalue weighted by Gasteiger charge is -2.37. The van der Waals surface area contributed by atoms with Crippen molar-refractivity contribution in [1.82, 2.24) is 9.88 Å². The Labute approximate surface area is 171 Å². The van der Waals surface area contributed by atoms with Gasteiger partial charge in [0.25, 0.3) is 0 Å². The van der Waals surface area contributed by atoms with Gasteiger partial charge in [-0.1, -0.05) is 37.1 Å². The monoisotopic (exact) mass is 394 g/mol. The summed E-state index contributed by atoms with van der Waals surface area (Å²) in [5.74, 6) is 1.01. The fourth-order valence-corrected chi connectivity index (χ4v) is 4.26. The van der Waals surface area contributed by atoms with Gasteiger partial charge in [-0.15, -0.1) is 0 Å². The zero-order valence-corrected chi connectivity index (χ0v) is 17.2. The van der Waals surface area contributed by atoms with Crippen molar-refractivity contribution in [2.45, 2.75) is 31.6 Å². The molecular formula is C22H24BClN2O2. The number of rotatable bonds is 4. The number of carbonyl (C=O) groups is 1. The van der Waals surface area contributed by atoms with E-state index in [0.717, 1.165) is 45.8 Å². The maximum atomic E-state index is 13.2. The molecule has 4 rings (SSSR count). The molecule has 4 nitrogen and oxygen atoms in total. The molecule has 0 saturated carbocycles. The van der Waals surface area contributed by atoms with Crippen molar-refractivity contribution in [3.8, 4) is 5.75 Å². The SMILES string of the molecule is BC(CC)C(=O)N1CCc2c([nH]c3ccc(Cl)cc23)C1c1ccc(OC)cc1. The molecule has 28 heavy (non-hydrogen) atoms. The first-order valence-electron chi connectivity index (χ1n) is 9.78. The van der Waals surface area contributed by atoms with Crippen LogP contribution in [0.2, 0.25) is 10.8 Å². The summed E-state index contributed by atoms with van der Waals surface area (Å²) in [6.45, 7) is 2.76. The van der Waals surface area contributed by atoms with Crippen molar-refractivity contribution in [3.05, 3.63) is 64.3 Å². The Morgan fingerprint density at radius 3 is 2.75 bits per heavy atom. The summed E-state index contributed by atoms with van der Waals surface area (Å²) in [6, 6.07) is 13.8. The minimum atomic E-state index is -0.137. The normalized spacial score (nSPS) is 17.4. The molecule has 2 unspecified atom stereocenters. The van der Waals surface area contributed by atoms with Crippen LogP contribution in [0.5, 0.6) is 5.75 Å². The smallest absolute Gasteiger partial charge is 0.218 e. The van der Waals surface area contributed by atoms with E-state index in [9.17, 15) is 4.79 Å². The number of hydrogen-bond donors (Lipinski definition) is 1. The van der Waals surface area contributed by atoms with Crippen LogP contribution < -0.4 is 4.74 Å². The first kappa shape index (κ1) is 18.9. The third-order valence-corrected chi connectivity index (χ3v) is 6.07. The Morgan fingerprint density at radius 2 is 2.07 bits per heavy atom. The number of fused-ring (bicyclic) bond motifs is 3. The molecule has 2 heterocycles. The number of carbonyl (C=O) groups excluding carboxylic acids is 1. The molecule has 0 aliphatic carbocycles. The summed E-state index contributed by atoms with van der Waals surface area (Å²) >= 11 is 6.25. The first-order valence-corrected chi connectivity index (χ1v) is 10.2. The van der Waals surface area contributed by atoms with Gasteiger partial charge in [0.05, 0.1) is 13.2 Å². The van der Waals surface area contributed by atoms with Crippen LogP contribution in [-0.4, -0.2) is 37.3 Å². The molecule has 0 radical (unpaired) electrons. The molecule has 3 aromatic rings. The molecule has 144 valence electrons. The minimum Gasteiger partial charge on any atom is -0.497 e. The highest BCUT2D eigenvalue weighted by atomic mass is 35.5. The summed E-state index contributed by atoms with van der Waals surface area (Å²) in [7, 11) is 3.67. The Bertz CT molecular complexity index is 1020. The summed E-state index contributed by atoms with van der Waals surface area (Å²) in [5, 5.41) is 1.88. The van der Waals surface area contributed by atoms with E-state index < -0.39 is 0 Å². The van der Waals surface area contributed by atoms with Crippen LogP contribution in [0.3, 0.4) is 0 Å². The largest absolute Gasteiger partial charge is 0.497 e. The highest BCUT2D eigenvalue weighted by Gasteiger charge is 2.35. The topological polar surface area (TPSA) is 45.3 Å². The molecular weight excluding hydrogens is 371 g/mol. The molecule has 0 fully saturated rings. The molecule has 0 saturated heterocycles. The number of halogens is 1. The van der Waals surface area contributed by atoms with Gasteiger partial charge in [-0.2, -0.15) is 0 Å². The molecule has 1 N–H and O–H groups in total. The van der Waals surface area contributed by atoms with Crippen LogP contribution in [0, 0.1) is 0 Å². The molecule has 2 atom stereocenters. The second-order valence-electron chi connectivity index (χ2n) is 7.47. The van der Waals surface area contributed by atoms with Gasteiger partial charge in [0.2, 0.25) is 5.91 Å². The highest BCUT2D eigenvalue weighted by Crippen LogP contribution is 2.40. The number of methoxy groups -OCH3 is 1. The van der Waals surface area contributed by atoms with Gasteiger partial charge in [0, 0.05) is 34.0 Å². The summed E-state index contributed by atoms with van der Waals surface area (Å²) in [4.78, 5) is 18.8. The number of aromatic nitrogens is 1. The van der Waals surface area contributed by atoms with Crippen LogP contribution in [0.15, 0.2) is 42.5 Å². The molecule has 1 aliphatic rings. The molecule has 1 aromatic heterocycles. The van der Waals surface area contributed by atoms with Gasteiger partial charge in [-0.05, 0) is 47.9 Å². The van der Waals surface area contributed by atoms with E-state index in [0.29, 0.717) is 6.54 Å². The Morgan fingerprint density at radius 1 is 1.32 bits per heavy atom. The van der Waals surface area contributed by atoms with E-state index in [-0.39, 0.29) is 17.8 Å². The van der Waals surface area contributed by atoms with Crippen LogP contribution in [-0.2, 0) is 11.2 Å². The van der Waals surface area contributed by atoms with Crippen molar-refractivity contribution in [3.63, 3.8) is 0 Å². The third kappa shape index (κ3) is 3.18. The lowest BCUT2D eigenvalue weighted by Crippen LogP contribution is -2.42. The second kappa shape index (κ2) is 7.55. The van der Waals surface area contributed by atoms with Gasteiger partial charge in [-0.3, -0.25) is 4.79 Å². The zero-order chi connectivity index (χ0) is 19.8. The molecule has 0 spiro atoms. The Kier molecular flexibility index (Phi) is 5.11. The molecule has 2 aromatic carbocycles. The number of aromatic amines is 1. The van der Waals surface area contributed by atoms with Crippen LogP contribution in [0.1, 0.15) is 36.2 Å². The number of benzene rings is 2. The predicted octanol–water partition coefficient (Wildman–Crippen LogP) is 4.14. The molecule has 6 heteroatoms. The van der Waals surface area contributed by atoms with Gasteiger partial charge < -0.3 is 14.6 Å². The number of hydrogen-bond acceptors (Lipinski definition) is 2. The summed E-state index contributed by atoms with van der Waals surface area (Å²) in [6.07, 6.45) is 1.66. The van der Waals surface area contributed by atoms with Gasteiger partial charge in [-0.25, -0.2) is 0 Å². The van der Waals surface area contributed by atoms with Crippen LogP contribution >= 0.6 is 11.6 Å². The van der Waals surface area contributed by atoms with Crippen molar-refractivity contribution in [2.75, 3.05) is 13.7 Å². The summed E-state index contributed by atoms with van der Waals surface area (Å²) < 4.78 is 5.31. The van der Waals surface area contributed by atoms with E-state index in [4.69, 9.17) is 16.3 Å². The number of ether oxygens (including phenoxy) is 1. The van der Waals surface area contributed by atoms with Crippen molar-refractivity contribution >= 4 is 36.3 Å².